The molecule has 25 heavy (non-hydrogen) atoms. The van der Waals surface area contributed by atoms with Crippen molar-refractivity contribution in [3.63, 3.8) is 0 Å². The largest absolute Gasteiger partial charge is 0.387 e. The molecule has 4 heteroatoms. The fourth-order valence-electron chi connectivity index (χ4n) is 3.65. The van der Waals surface area contributed by atoms with Gasteiger partial charge in [0, 0.05) is 20.1 Å². The number of hydrogen-bond acceptors (Lipinski definition) is 3. The lowest BCUT2D eigenvalue weighted by Crippen LogP contribution is -2.31. The van der Waals surface area contributed by atoms with Crippen LogP contribution in [0.15, 0.2) is 42.5 Å². The van der Waals surface area contributed by atoms with Crippen molar-refractivity contribution in [3.05, 3.63) is 48.0 Å². The summed E-state index contributed by atoms with van der Waals surface area (Å²) < 4.78 is 5.37. The SMILES string of the molecule is COC1CCC(CC(=O)NCC(O)c2ccc3ccccc3c2)CC1. The first-order valence-electron chi connectivity index (χ1n) is 9.12. The van der Waals surface area contributed by atoms with Crippen LogP contribution in [-0.2, 0) is 9.53 Å². The van der Waals surface area contributed by atoms with Crippen LogP contribution in [0.4, 0.5) is 0 Å². The first-order chi connectivity index (χ1) is 12.2. The third-order valence-corrected chi connectivity index (χ3v) is 5.25. The maximum atomic E-state index is 12.2. The van der Waals surface area contributed by atoms with E-state index in [0.29, 0.717) is 18.4 Å². The first kappa shape index (κ1) is 17.9. The van der Waals surface area contributed by atoms with Crippen molar-refractivity contribution in [2.45, 2.75) is 44.3 Å². The van der Waals surface area contributed by atoms with Gasteiger partial charge in [-0.25, -0.2) is 0 Å². The third-order valence-electron chi connectivity index (χ3n) is 5.25. The van der Waals surface area contributed by atoms with E-state index >= 15 is 0 Å². The van der Waals surface area contributed by atoms with Crippen LogP contribution in [0.25, 0.3) is 10.8 Å². The summed E-state index contributed by atoms with van der Waals surface area (Å²) in [6.45, 7) is 0.255. The monoisotopic (exact) mass is 341 g/mol. The standard InChI is InChI=1S/C21H27NO3/c1-25-19-10-6-15(7-11-19)12-21(24)22-14-20(23)18-9-8-16-4-2-3-5-17(16)13-18/h2-5,8-9,13,15,19-20,23H,6-7,10-12,14H2,1H3,(H,22,24). The molecule has 134 valence electrons. The fourth-order valence-corrected chi connectivity index (χ4v) is 3.65. The van der Waals surface area contributed by atoms with E-state index in [2.05, 4.69) is 5.32 Å². The Bertz CT molecular complexity index is 707. The topological polar surface area (TPSA) is 58.6 Å². The van der Waals surface area contributed by atoms with Crippen molar-refractivity contribution in [3.8, 4) is 0 Å². The fraction of sp³-hybridized carbons (Fsp3) is 0.476. The van der Waals surface area contributed by atoms with Gasteiger partial charge in [0.25, 0.3) is 0 Å². The summed E-state index contributed by atoms with van der Waals surface area (Å²) in [6.07, 6.45) is 4.37. The molecule has 0 radical (unpaired) electrons. The van der Waals surface area contributed by atoms with Crippen molar-refractivity contribution < 1.29 is 14.6 Å². The maximum absolute atomic E-state index is 12.2. The number of fused-ring (bicyclic) bond motifs is 1. The molecule has 0 spiro atoms. The van der Waals surface area contributed by atoms with E-state index in [9.17, 15) is 9.90 Å². The van der Waals surface area contributed by atoms with E-state index in [1.165, 1.54) is 0 Å². The van der Waals surface area contributed by atoms with Crippen LogP contribution in [0.1, 0.15) is 43.8 Å². The molecule has 0 saturated heterocycles. The predicted octanol–water partition coefficient (Wildman–Crippen LogP) is 3.58. The summed E-state index contributed by atoms with van der Waals surface area (Å²) in [7, 11) is 1.76. The number of nitrogens with one attached hydrogen (secondary N) is 1. The smallest absolute Gasteiger partial charge is 0.220 e. The van der Waals surface area contributed by atoms with E-state index in [1.54, 1.807) is 7.11 Å². The summed E-state index contributed by atoms with van der Waals surface area (Å²) in [5.41, 5.74) is 0.833. The average molecular weight is 341 g/mol. The molecule has 1 amide bonds. The van der Waals surface area contributed by atoms with Crippen LogP contribution in [0.5, 0.6) is 0 Å². The zero-order valence-electron chi connectivity index (χ0n) is 14.8. The van der Waals surface area contributed by atoms with E-state index in [4.69, 9.17) is 4.74 Å². The molecule has 1 aliphatic rings. The minimum absolute atomic E-state index is 0.0284. The highest BCUT2D eigenvalue weighted by Crippen LogP contribution is 2.28. The Hall–Kier alpha value is -1.91. The average Bonchev–Trinajstić information content (AvgIpc) is 2.66. The second-order valence-corrected chi connectivity index (χ2v) is 7.01. The van der Waals surface area contributed by atoms with Gasteiger partial charge in [-0.05, 0) is 54.0 Å². The minimum atomic E-state index is -0.683. The molecule has 1 fully saturated rings. The van der Waals surface area contributed by atoms with Gasteiger partial charge in [0.2, 0.25) is 5.91 Å². The van der Waals surface area contributed by atoms with Crippen LogP contribution in [0, 0.1) is 5.92 Å². The molecular weight excluding hydrogens is 314 g/mol. The number of rotatable bonds is 6. The van der Waals surface area contributed by atoms with Crippen LogP contribution in [-0.4, -0.2) is 30.8 Å². The van der Waals surface area contributed by atoms with E-state index < -0.39 is 6.10 Å². The number of hydrogen-bond donors (Lipinski definition) is 2. The lowest BCUT2D eigenvalue weighted by Gasteiger charge is -2.27. The maximum Gasteiger partial charge on any atom is 0.220 e. The Balaban J connectivity index is 1.47. The van der Waals surface area contributed by atoms with E-state index in [-0.39, 0.29) is 12.5 Å². The summed E-state index contributed by atoms with van der Waals surface area (Å²) in [5, 5.41) is 15.5. The Labute approximate surface area is 149 Å². The van der Waals surface area contributed by atoms with Gasteiger partial charge in [0.05, 0.1) is 12.2 Å². The van der Waals surface area contributed by atoms with Crippen LogP contribution in [0.3, 0.4) is 0 Å². The number of ether oxygens (including phenoxy) is 1. The van der Waals surface area contributed by atoms with Gasteiger partial charge in [0.1, 0.15) is 0 Å². The second-order valence-electron chi connectivity index (χ2n) is 7.01. The molecule has 3 rings (SSSR count). The van der Waals surface area contributed by atoms with Gasteiger partial charge < -0.3 is 15.2 Å². The van der Waals surface area contributed by atoms with Crippen molar-refractivity contribution >= 4 is 16.7 Å². The number of aliphatic hydroxyl groups is 1. The van der Waals surface area contributed by atoms with Gasteiger partial charge >= 0.3 is 0 Å². The number of amides is 1. The van der Waals surface area contributed by atoms with Crippen LogP contribution >= 0.6 is 0 Å². The predicted molar refractivity (Wildman–Crippen MR) is 99.3 cm³/mol. The molecule has 0 bridgehead atoms. The molecule has 2 N–H and O–H groups in total. The number of aliphatic hydroxyl groups excluding tert-OH is 1. The van der Waals surface area contributed by atoms with E-state index in [1.807, 2.05) is 42.5 Å². The molecule has 0 heterocycles. The molecule has 1 saturated carbocycles. The normalized spacial score (nSPS) is 21.8. The Morgan fingerprint density at radius 2 is 1.88 bits per heavy atom. The molecule has 0 aliphatic heterocycles. The molecule has 0 aromatic heterocycles. The van der Waals surface area contributed by atoms with Crippen molar-refractivity contribution in [1.29, 1.82) is 0 Å². The quantitative estimate of drug-likeness (QED) is 0.844. The zero-order chi connectivity index (χ0) is 17.6. The molecular formula is C21H27NO3. The summed E-state index contributed by atoms with van der Waals surface area (Å²) in [5.74, 6) is 0.463. The number of carbonyl (C=O) groups is 1. The molecule has 2 aromatic rings. The summed E-state index contributed by atoms with van der Waals surface area (Å²) in [4.78, 5) is 12.2. The summed E-state index contributed by atoms with van der Waals surface area (Å²) in [6, 6.07) is 14.0. The minimum Gasteiger partial charge on any atom is -0.387 e. The molecule has 1 unspecified atom stereocenters. The highest BCUT2D eigenvalue weighted by Gasteiger charge is 2.23. The van der Waals surface area contributed by atoms with Gasteiger partial charge in [-0.2, -0.15) is 0 Å². The van der Waals surface area contributed by atoms with Crippen molar-refractivity contribution in [2.75, 3.05) is 13.7 Å². The van der Waals surface area contributed by atoms with Crippen molar-refractivity contribution in [1.82, 2.24) is 5.32 Å². The molecule has 1 aliphatic carbocycles. The van der Waals surface area contributed by atoms with Crippen LogP contribution < -0.4 is 5.32 Å². The molecule has 1 atom stereocenters. The first-order valence-corrected chi connectivity index (χ1v) is 9.12. The molecule has 4 nitrogen and oxygen atoms in total. The Morgan fingerprint density at radius 1 is 1.16 bits per heavy atom. The highest BCUT2D eigenvalue weighted by atomic mass is 16.5. The van der Waals surface area contributed by atoms with Gasteiger partial charge in [0.15, 0.2) is 0 Å². The molecule has 2 aromatic carbocycles. The Kier molecular flexibility index (Phi) is 6.05. The second kappa shape index (κ2) is 8.45. The van der Waals surface area contributed by atoms with Crippen molar-refractivity contribution in [2.24, 2.45) is 5.92 Å². The van der Waals surface area contributed by atoms with Crippen LogP contribution in [0.2, 0.25) is 0 Å². The highest BCUT2D eigenvalue weighted by molar-refractivity contribution is 5.83. The number of benzene rings is 2. The third kappa shape index (κ3) is 4.80. The lowest BCUT2D eigenvalue weighted by molar-refractivity contribution is -0.123. The number of methoxy groups -OCH3 is 1. The van der Waals surface area contributed by atoms with Gasteiger partial charge in [-0.3, -0.25) is 4.79 Å². The number of carbonyl (C=O) groups excluding carboxylic acids is 1. The summed E-state index contributed by atoms with van der Waals surface area (Å²) >= 11 is 0. The van der Waals surface area contributed by atoms with E-state index in [0.717, 1.165) is 42.0 Å². The lowest BCUT2D eigenvalue weighted by atomic mass is 9.85. The van der Waals surface area contributed by atoms with Gasteiger partial charge in [-0.15, -0.1) is 0 Å². The Morgan fingerprint density at radius 3 is 2.60 bits per heavy atom. The van der Waals surface area contributed by atoms with Gasteiger partial charge in [-0.1, -0.05) is 36.4 Å². The zero-order valence-corrected chi connectivity index (χ0v) is 14.8.